The number of methoxy groups -OCH3 is 1. The first-order valence-corrected chi connectivity index (χ1v) is 9.20. The molecule has 0 saturated carbocycles. The lowest BCUT2D eigenvalue weighted by Gasteiger charge is -2.21. The number of benzene rings is 1. The van der Waals surface area contributed by atoms with Crippen molar-refractivity contribution in [1.82, 2.24) is 0 Å². The van der Waals surface area contributed by atoms with Gasteiger partial charge in [0.15, 0.2) is 0 Å². The molecule has 1 fully saturated rings. The van der Waals surface area contributed by atoms with Crippen LogP contribution in [-0.4, -0.2) is 40.6 Å². The van der Waals surface area contributed by atoms with E-state index >= 15 is 0 Å². The Bertz CT molecular complexity index is 666. The normalized spacial score (nSPS) is 19.6. The first-order valence-electron chi connectivity index (χ1n) is 6.76. The smallest absolute Gasteiger partial charge is 0.235 e. The number of hydrogen-bond donors (Lipinski definition) is 1. The Morgan fingerprint density at radius 1 is 1.59 bits per heavy atom. The maximum Gasteiger partial charge on any atom is 0.235 e. The number of nitrogens with zero attached hydrogens (tertiary/aromatic N) is 1. The van der Waals surface area contributed by atoms with E-state index in [4.69, 9.17) is 14.7 Å². The van der Waals surface area contributed by atoms with Crippen LogP contribution in [0.15, 0.2) is 22.7 Å². The van der Waals surface area contributed by atoms with Gasteiger partial charge in [-0.3, -0.25) is 4.72 Å². The Balaban J connectivity index is 2.13. The highest BCUT2D eigenvalue weighted by molar-refractivity contribution is 9.10. The van der Waals surface area contributed by atoms with Gasteiger partial charge in [-0.15, -0.1) is 0 Å². The minimum absolute atomic E-state index is 0.0690. The van der Waals surface area contributed by atoms with Crippen molar-refractivity contribution in [3.63, 3.8) is 0 Å². The molecule has 1 aliphatic heterocycles. The van der Waals surface area contributed by atoms with E-state index < -0.39 is 16.1 Å². The molecular weight excluding hydrogens is 372 g/mol. The molecule has 8 heteroatoms. The average molecular weight is 389 g/mol. The van der Waals surface area contributed by atoms with Crippen LogP contribution in [0.25, 0.3) is 0 Å². The van der Waals surface area contributed by atoms with Crippen LogP contribution < -0.4 is 4.72 Å². The summed E-state index contributed by atoms with van der Waals surface area (Å²) in [5.74, 6) is -0.103. The van der Waals surface area contributed by atoms with E-state index in [-0.39, 0.29) is 22.9 Å². The lowest BCUT2D eigenvalue weighted by Crippen LogP contribution is -2.34. The maximum absolute atomic E-state index is 12.3. The fraction of sp³-hybridized carbons (Fsp3) is 0.500. The number of ether oxygens (including phenoxy) is 2. The van der Waals surface area contributed by atoms with Crippen molar-refractivity contribution >= 4 is 31.6 Å². The lowest BCUT2D eigenvalue weighted by atomic mass is 10.0. The van der Waals surface area contributed by atoms with Crippen LogP contribution in [0.5, 0.6) is 0 Å². The fourth-order valence-electron chi connectivity index (χ4n) is 2.37. The standard InChI is InChI=1S/C14H17BrN2O4S/c1-20-14(11-4-5-21-8-11)9-22(18,19)17-13-6-12(15)3-2-10(13)7-16/h2-3,6,11,14,17H,4-5,8-9H2,1H3. The summed E-state index contributed by atoms with van der Waals surface area (Å²) >= 11 is 3.27. The summed E-state index contributed by atoms with van der Waals surface area (Å²) in [5, 5.41) is 9.07. The third-order valence-electron chi connectivity index (χ3n) is 3.54. The Hall–Kier alpha value is -1.14. The zero-order valence-electron chi connectivity index (χ0n) is 12.1. The summed E-state index contributed by atoms with van der Waals surface area (Å²) < 4.78 is 38.4. The van der Waals surface area contributed by atoms with Crippen LogP contribution in [0.3, 0.4) is 0 Å². The minimum atomic E-state index is -3.64. The molecule has 6 nitrogen and oxygen atoms in total. The number of hydrogen-bond acceptors (Lipinski definition) is 5. The molecule has 2 unspecified atom stereocenters. The van der Waals surface area contributed by atoms with Gasteiger partial charge in [0.05, 0.1) is 29.7 Å². The average Bonchev–Trinajstić information content (AvgIpc) is 2.98. The topological polar surface area (TPSA) is 88.4 Å². The molecular formula is C14H17BrN2O4S. The fourth-order valence-corrected chi connectivity index (χ4v) is 4.16. The first-order chi connectivity index (χ1) is 10.4. The Kier molecular flexibility index (Phi) is 5.81. The molecule has 2 atom stereocenters. The van der Waals surface area contributed by atoms with E-state index in [0.717, 1.165) is 6.42 Å². The van der Waals surface area contributed by atoms with Crippen molar-refractivity contribution in [2.45, 2.75) is 12.5 Å². The van der Waals surface area contributed by atoms with E-state index in [1.165, 1.54) is 7.11 Å². The van der Waals surface area contributed by atoms with Crippen LogP contribution in [0, 0.1) is 17.2 Å². The van der Waals surface area contributed by atoms with Crippen LogP contribution in [-0.2, 0) is 19.5 Å². The number of nitrogens with one attached hydrogen (secondary N) is 1. The summed E-state index contributed by atoms with van der Waals surface area (Å²) in [7, 11) is -2.14. The van der Waals surface area contributed by atoms with Gasteiger partial charge in [-0.25, -0.2) is 8.42 Å². The third kappa shape index (κ3) is 4.43. The molecule has 0 aromatic heterocycles. The summed E-state index contributed by atoms with van der Waals surface area (Å²) in [6, 6.07) is 6.78. The monoisotopic (exact) mass is 388 g/mol. The van der Waals surface area contributed by atoms with Crippen molar-refractivity contribution in [3.05, 3.63) is 28.2 Å². The van der Waals surface area contributed by atoms with Crippen LogP contribution in [0.1, 0.15) is 12.0 Å². The molecule has 1 aromatic carbocycles. The zero-order chi connectivity index (χ0) is 16.2. The Labute approximate surface area is 138 Å². The Morgan fingerprint density at radius 3 is 2.95 bits per heavy atom. The second kappa shape index (κ2) is 7.42. The predicted octanol–water partition coefficient (Wildman–Crippen LogP) is 2.11. The first kappa shape index (κ1) is 17.2. The van der Waals surface area contributed by atoms with Crippen molar-refractivity contribution in [2.24, 2.45) is 5.92 Å². The van der Waals surface area contributed by atoms with E-state index in [1.807, 2.05) is 6.07 Å². The SMILES string of the molecule is COC(CS(=O)(=O)Nc1cc(Br)ccc1C#N)C1CCOC1. The van der Waals surface area contributed by atoms with Crippen molar-refractivity contribution in [1.29, 1.82) is 5.26 Å². The molecule has 0 spiro atoms. The molecule has 1 heterocycles. The molecule has 1 saturated heterocycles. The highest BCUT2D eigenvalue weighted by atomic mass is 79.9. The number of rotatable bonds is 6. The largest absolute Gasteiger partial charge is 0.381 e. The zero-order valence-corrected chi connectivity index (χ0v) is 14.5. The van der Waals surface area contributed by atoms with Gasteiger partial charge in [0.25, 0.3) is 0 Å². The summed E-state index contributed by atoms with van der Waals surface area (Å²) in [5.41, 5.74) is 0.527. The van der Waals surface area contributed by atoms with Crippen LogP contribution in [0.4, 0.5) is 5.69 Å². The van der Waals surface area contributed by atoms with Gasteiger partial charge in [0.1, 0.15) is 6.07 Å². The van der Waals surface area contributed by atoms with Crippen molar-refractivity contribution in [3.8, 4) is 6.07 Å². The minimum Gasteiger partial charge on any atom is -0.381 e. The molecule has 1 aromatic rings. The van der Waals surface area contributed by atoms with Gasteiger partial charge in [0.2, 0.25) is 10.0 Å². The van der Waals surface area contributed by atoms with Gasteiger partial charge in [-0.2, -0.15) is 5.26 Å². The molecule has 1 N–H and O–H groups in total. The molecule has 0 radical (unpaired) electrons. The van der Waals surface area contributed by atoms with Gasteiger partial charge in [0, 0.05) is 24.1 Å². The molecule has 120 valence electrons. The molecule has 2 rings (SSSR count). The lowest BCUT2D eigenvalue weighted by molar-refractivity contribution is 0.0612. The molecule has 22 heavy (non-hydrogen) atoms. The van der Waals surface area contributed by atoms with Crippen LogP contribution in [0.2, 0.25) is 0 Å². The van der Waals surface area contributed by atoms with E-state index in [9.17, 15) is 8.42 Å². The summed E-state index contributed by atoms with van der Waals surface area (Å²) in [6.45, 7) is 1.14. The number of nitriles is 1. The molecule has 0 amide bonds. The van der Waals surface area contributed by atoms with Crippen molar-refractivity contribution < 1.29 is 17.9 Å². The highest BCUT2D eigenvalue weighted by Gasteiger charge is 2.30. The van der Waals surface area contributed by atoms with Crippen LogP contribution >= 0.6 is 15.9 Å². The second-order valence-electron chi connectivity index (χ2n) is 5.08. The van der Waals surface area contributed by atoms with Gasteiger partial charge in [-0.05, 0) is 24.6 Å². The van der Waals surface area contributed by atoms with E-state index in [1.54, 1.807) is 18.2 Å². The third-order valence-corrected chi connectivity index (χ3v) is 5.34. The second-order valence-corrected chi connectivity index (χ2v) is 7.77. The summed E-state index contributed by atoms with van der Waals surface area (Å²) in [6.07, 6.45) is 0.353. The van der Waals surface area contributed by atoms with E-state index in [2.05, 4.69) is 20.7 Å². The van der Waals surface area contributed by atoms with Gasteiger partial charge >= 0.3 is 0 Å². The highest BCUT2D eigenvalue weighted by Crippen LogP contribution is 2.24. The number of sulfonamides is 1. The number of anilines is 1. The number of halogens is 1. The molecule has 0 aliphatic carbocycles. The molecule has 0 bridgehead atoms. The predicted molar refractivity (Wildman–Crippen MR) is 86.0 cm³/mol. The Morgan fingerprint density at radius 2 is 2.36 bits per heavy atom. The summed E-state index contributed by atoms with van der Waals surface area (Å²) in [4.78, 5) is 0. The maximum atomic E-state index is 12.3. The van der Waals surface area contributed by atoms with E-state index in [0.29, 0.717) is 17.7 Å². The molecule has 1 aliphatic rings. The van der Waals surface area contributed by atoms with Gasteiger partial charge < -0.3 is 9.47 Å². The van der Waals surface area contributed by atoms with Crippen molar-refractivity contribution in [2.75, 3.05) is 30.8 Å². The quantitative estimate of drug-likeness (QED) is 0.805. The van der Waals surface area contributed by atoms with Gasteiger partial charge in [-0.1, -0.05) is 15.9 Å².